The first-order chi connectivity index (χ1) is 28.3. The first-order valence-corrected chi connectivity index (χ1v) is 20.1. The largest absolute Gasteiger partial charge is 0.0616 e. The summed E-state index contributed by atoms with van der Waals surface area (Å²) in [6, 6.07) is 66.0. The highest BCUT2D eigenvalue weighted by molar-refractivity contribution is 5.99. The maximum atomic E-state index is 2.29. The fraction of sp³-hybridized carbons (Fsp3) is 0.0690. The highest BCUT2D eigenvalue weighted by atomic mass is 14.1. The molecule has 0 aliphatic carbocycles. The van der Waals surface area contributed by atoms with Crippen LogP contribution < -0.4 is 0 Å². The summed E-state index contributed by atoms with van der Waals surface area (Å²) in [5.41, 5.74) is 19.5. The molecule has 0 amide bonds. The molecule has 8 aromatic carbocycles. The lowest BCUT2D eigenvalue weighted by Crippen LogP contribution is -1.89. The highest BCUT2D eigenvalue weighted by Gasteiger charge is 2.08. The Kier molecular flexibility index (Phi) is 11.4. The number of aryl methyl sites for hydroxylation is 4. The lowest BCUT2D eigenvalue weighted by Gasteiger charge is -2.10. The molecule has 0 unspecified atom stereocenters. The van der Waals surface area contributed by atoms with Gasteiger partial charge in [-0.15, -0.1) is 0 Å². The predicted molar refractivity (Wildman–Crippen MR) is 253 cm³/mol. The smallest absolute Gasteiger partial charge is 0.0105 e. The van der Waals surface area contributed by atoms with Crippen LogP contribution in [0.3, 0.4) is 0 Å². The van der Waals surface area contributed by atoms with E-state index in [1.165, 1.54) is 99.8 Å². The minimum atomic E-state index is 1.17. The van der Waals surface area contributed by atoms with Crippen LogP contribution in [0.5, 0.6) is 0 Å². The zero-order chi connectivity index (χ0) is 39.8. The standard InChI is InChI=1S/C58H48/c1-41-9-27-51(28-10-41)57(52-29-11-42(2)12-30-52)39-47-21-17-45(18-22-47)25-35-49-37-38-50(56-8-6-5-7-55(49)56)36-26-46-19-23-48(24-20-46)40-58(53-31-13-43(3)14-32-53)54-33-15-44(4)16-34-54/h5-40H,1-4H3. The SMILES string of the molecule is Cc1ccc(C(=Cc2ccc(C=Cc3ccc(C=Cc4ccc(C=C(c5ccc(C)cc5)c5ccc(C)cc5)cc4)c4ccccc34)cc2)c2ccc(C)cc2)cc1. The van der Waals surface area contributed by atoms with Crippen molar-refractivity contribution in [1.82, 2.24) is 0 Å². The molecule has 0 spiro atoms. The molecule has 0 saturated heterocycles. The molecule has 8 rings (SSSR count). The van der Waals surface area contributed by atoms with Gasteiger partial charge in [0.1, 0.15) is 0 Å². The molecule has 0 fully saturated rings. The Labute approximate surface area is 344 Å². The van der Waals surface area contributed by atoms with E-state index >= 15 is 0 Å². The Hall–Kier alpha value is -7.02. The van der Waals surface area contributed by atoms with E-state index < -0.39 is 0 Å². The third-order valence-electron chi connectivity index (χ3n) is 10.8. The molecule has 0 N–H and O–H groups in total. The molecule has 0 aliphatic rings. The average Bonchev–Trinajstić information content (AvgIpc) is 3.26. The molecule has 0 atom stereocenters. The molecule has 58 heavy (non-hydrogen) atoms. The minimum absolute atomic E-state index is 1.17. The van der Waals surface area contributed by atoms with Crippen LogP contribution in [-0.4, -0.2) is 0 Å². The van der Waals surface area contributed by atoms with E-state index in [2.05, 4.69) is 246 Å². The van der Waals surface area contributed by atoms with E-state index in [4.69, 9.17) is 0 Å². The Morgan fingerprint density at radius 3 is 0.845 bits per heavy atom. The summed E-state index contributed by atoms with van der Waals surface area (Å²) < 4.78 is 0. The van der Waals surface area contributed by atoms with Gasteiger partial charge in [-0.25, -0.2) is 0 Å². The van der Waals surface area contributed by atoms with E-state index in [0.717, 1.165) is 0 Å². The number of benzene rings is 8. The van der Waals surface area contributed by atoms with Crippen LogP contribution in [0, 0.1) is 27.7 Å². The van der Waals surface area contributed by atoms with Gasteiger partial charge in [-0.3, -0.25) is 0 Å². The van der Waals surface area contributed by atoms with Gasteiger partial charge >= 0.3 is 0 Å². The van der Waals surface area contributed by atoms with Crippen LogP contribution >= 0.6 is 0 Å². The highest BCUT2D eigenvalue weighted by Crippen LogP contribution is 2.30. The third-order valence-corrected chi connectivity index (χ3v) is 10.8. The van der Waals surface area contributed by atoms with Gasteiger partial charge in [0, 0.05) is 0 Å². The lowest BCUT2D eigenvalue weighted by molar-refractivity contribution is 1.43. The monoisotopic (exact) mass is 744 g/mol. The number of hydrogen-bond donors (Lipinski definition) is 0. The van der Waals surface area contributed by atoms with Crippen molar-refractivity contribution in [2.45, 2.75) is 27.7 Å². The second-order valence-electron chi connectivity index (χ2n) is 15.4. The molecule has 0 heterocycles. The molecule has 0 aromatic heterocycles. The summed E-state index contributed by atoms with van der Waals surface area (Å²) in [4.78, 5) is 0. The molecule has 0 nitrogen and oxygen atoms in total. The molecule has 0 heteroatoms. The summed E-state index contributed by atoms with van der Waals surface area (Å²) in [5.74, 6) is 0. The molecular formula is C58H48. The van der Waals surface area contributed by atoms with Crippen molar-refractivity contribution in [3.05, 3.63) is 260 Å². The summed E-state index contributed by atoms with van der Waals surface area (Å²) in [6.45, 7) is 8.53. The van der Waals surface area contributed by atoms with Crippen LogP contribution in [0.4, 0.5) is 0 Å². The molecule has 8 aromatic rings. The van der Waals surface area contributed by atoms with Crippen LogP contribution in [0.25, 0.3) is 58.4 Å². The van der Waals surface area contributed by atoms with Gasteiger partial charge in [0.15, 0.2) is 0 Å². The van der Waals surface area contributed by atoms with Crippen molar-refractivity contribution in [1.29, 1.82) is 0 Å². The van der Waals surface area contributed by atoms with Crippen molar-refractivity contribution < 1.29 is 0 Å². The van der Waals surface area contributed by atoms with Gasteiger partial charge in [-0.05, 0) is 117 Å². The fourth-order valence-electron chi connectivity index (χ4n) is 7.35. The second-order valence-corrected chi connectivity index (χ2v) is 15.4. The quantitative estimate of drug-likeness (QED) is 0.122. The van der Waals surface area contributed by atoms with Crippen molar-refractivity contribution in [3.63, 3.8) is 0 Å². The second kappa shape index (κ2) is 17.4. The van der Waals surface area contributed by atoms with Gasteiger partial charge in [0.05, 0.1) is 0 Å². The average molecular weight is 745 g/mol. The minimum Gasteiger partial charge on any atom is -0.0616 e. The van der Waals surface area contributed by atoms with E-state index in [1.54, 1.807) is 0 Å². The molecule has 280 valence electrons. The van der Waals surface area contributed by atoms with Crippen LogP contribution in [-0.2, 0) is 0 Å². The Bertz CT molecular complexity index is 2480. The Morgan fingerprint density at radius 1 is 0.276 bits per heavy atom. The lowest BCUT2D eigenvalue weighted by atomic mass is 9.94. The van der Waals surface area contributed by atoms with Crippen molar-refractivity contribution >= 4 is 58.4 Å². The van der Waals surface area contributed by atoms with Crippen LogP contribution in [0.15, 0.2) is 182 Å². The van der Waals surface area contributed by atoms with Crippen molar-refractivity contribution in [2.75, 3.05) is 0 Å². The zero-order valence-corrected chi connectivity index (χ0v) is 33.8. The zero-order valence-electron chi connectivity index (χ0n) is 33.8. The number of hydrogen-bond acceptors (Lipinski definition) is 0. The maximum Gasteiger partial charge on any atom is -0.0105 e. The van der Waals surface area contributed by atoms with Gasteiger partial charge in [-0.2, -0.15) is 0 Å². The molecule has 0 aliphatic heterocycles. The van der Waals surface area contributed by atoms with Crippen molar-refractivity contribution in [2.24, 2.45) is 0 Å². The summed E-state index contributed by atoms with van der Waals surface area (Å²) in [7, 11) is 0. The number of rotatable bonds is 10. The first kappa shape index (κ1) is 37.9. The number of fused-ring (bicyclic) bond motifs is 1. The topological polar surface area (TPSA) is 0 Å². The first-order valence-electron chi connectivity index (χ1n) is 20.1. The molecular weight excluding hydrogens is 697 g/mol. The van der Waals surface area contributed by atoms with E-state index in [0.29, 0.717) is 0 Å². The van der Waals surface area contributed by atoms with E-state index in [1.807, 2.05) is 0 Å². The summed E-state index contributed by atoms with van der Waals surface area (Å²) >= 11 is 0. The Morgan fingerprint density at radius 2 is 0.552 bits per heavy atom. The molecule has 0 saturated carbocycles. The van der Waals surface area contributed by atoms with Gasteiger partial charge in [0.2, 0.25) is 0 Å². The van der Waals surface area contributed by atoms with E-state index in [9.17, 15) is 0 Å². The maximum absolute atomic E-state index is 2.29. The van der Waals surface area contributed by atoms with Gasteiger partial charge < -0.3 is 0 Å². The normalized spacial score (nSPS) is 11.3. The predicted octanol–water partition coefficient (Wildman–Crippen LogP) is 15.6. The van der Waals surface area contributed by atoms with Gasteiger partial charge in [0.25, 0.3) is 0 Å². The van der Waals surface area contributed by atoms with Crippen LogP contribution in [0.2, 0.25) is 0 Å². The third kappa shape index (κ3) is 9.15. The summed E-state index contributed by atoms with van der Waals surface area (Å²) in [5, 5.41) is 2.48. The summed E-state index contributed by atoms with van der Waals surface area (Å²) in [6.07, 6.45) is 13.5. The van der Waals surface area contributed by atoms with Crippen LogP contribution in [0.1, 0.15) is 77.9 Å². The fourth-order valence-corrected chi connectivity index (χ4v) is 7.35. The van der Waals surface area contributed by atoms with Gasteiger partial charge in [-0.1, -0.05) is 229 Å². The molecule has 0 bridgehead atoms. The molecule has 0 radical (unpaired) electrons. The Balaban J connectivity index is 1.01. The van der Waals surface area contributed by atoms with E-state index in [-0.39, 0.29) is 0 Å². The van der Waals surface area contributed by atoms with Crippen molar-refractivity contribution in [3.8, 4) is 0 Å².